The van der Waals surface area contributed by atoms with E-state index in [4.69, 9.17) is 0 Å². The number of hydrogen-bond donors (Lipinski definition) is 2. The Bertz CT molecular complexity index is 1280. The number of benzene rings is 2. The lowest BCUT2D eigenvalue weighted by molar-refractivity contribution is 0.0676. The number of fused-ring (bicyclic) bond motifs is 1. The van der Waals surface area contributed by atoms with Gasteiger partial charge in [-0.05, 0) is 41.8 Å². The second-order valence-corrected chi connectivity index (χ2v) is 7.90. The van der Waals surface area contributed by atoms with Gasteiger partial charge in [-0.1, -0.05) is 24.3 Å². The Morgan fingerprint density at radius 3 is 2.62 bits per heavy atom. The fourth-order valence-electron chi connectivity index (χ4n) is 3.89. The van der Waals surface area contributed by atoms with Crippen molar-refractivity contribution in [2.45, 2.75) is 6.42 Å². The van der Waals surface area contributed by atoms with Gasteiger partial charge in [0.05, 0.1) is 11.1 Å². The normalized spacial score (nSPS) is 13.7. The largest absolute Gasteiger partial charge is 0.478 e. The Kier molecular flexibility index (Phi) is 5.52. The summed E-state index contributed by atoms with van der Waals surface area (Å²) in [6, 6.07) is 11.1. The molecule has 0 atom stereocenters. The number of aromatic carboxylic acids is 1. The molecule has 0 saturated carbocycles. The zero-order chi connectivity index (χ0) is 23.0. The molecule has 2 amide bonds. The Morgan fingerprint density at radius 2 is 1.91 bits per heavy atom. The van der Waals surface area contributed by atoms with E-state index in [0.29, 0.717) is 18.7 Å². The van der Waals surface area contributed by atoms with Crippen LogP contribution < -0.4 is 0 Å². The van der Waals surface area contributed by atoms with Gasteiger partial charge < -0.3 is 19.9 Å². The lowest BCUT2D eigenvalue weighted by Gasteiger charge is -2.28. The van der Waals surface area contributed by atoms with E-state index in [0.717, 1.165) is 28.1 Å². The van der Waals surface area contributed by atoms with Crippen LogP contribution in [-0.2, 0) is 0 Å². The summed E-state index contributed by atoms with van der Waals surface area (Å²) in [7, 11) is 3.37. The van der Waals surface area contributed by atoms with Gasteiger partial charge in [-0.3, -0.25) is 9.59 Å². The topological polar surface area (TPSA) is 93.7 Å². The third kappa shape index (κ3) is 3.87. The average Bonchev–Trinajstić information content (AvgIpc) is 3.21. The molecule has 2 aromatic carbocycles. The zero-order valence-electron chi connectivity index (χ0n) is 17.7. The Morgan fingerprint density at radius 1 is 1.12 bits per heavy atom. The molecule has 0 unspecified atom stereocenters. The molecule has 0 spiro atoms. The molecular formula is C24H22FN3O4. The van der Waals surface area contributed by atoms with Gasteiger partial charge in [0.15, 0.2) is 0 Å². The molecule has 0 fully saturated rings. The van der Waals surface area contributed by atoms with Crippen LogP contribution in [0.3, 0.4) is 0 Å². The Hall–Kier alpha value is -3.94. The molecule has 1 aliphatic rings. The average molecular weight is 435 g/mol. The number of rotatable bonds is 4. The summed E-state index contributed by atoms with van der Waals surface area (Å²) in [6.45, 7) is 0.587. The molecule has 2 heterocycles. The van der Waals surface area contributed by atoms with Crippen LogP contribution in [0.1, 0.15) is 43.2 Å². The Labute approximate surface area is 183 Å². The maximum Gasteiger partial charge on any atom is 0.336 e. The molecule has 0 bridgehead atoms. The number of carboxylic acid groups (broad SMARTS) is 1. The van der Waals surface area contributed by atoms with E-state index in [2.05, 4.69) is 4.98 Å². The third-order valence-corrected chi connectivity index (χ3v) is 5.53. The first-order chi connectivity index (χ1) is 15.3. The quantitative estimate of drug-likeness (QED) is 0.654. The van der Waals surface area contributed by atoms with E-state index in [1.54, 1.807) is 20.2 Å². The van der Waals surface area contributed by atoms with Crippen LogP contribution in [0.2, 0.25) is 0 Å². The maximum absolute atomic E-state index is 14.4. The van der Waals surface area contributed by atoms with Crippen LogP contribution in [0.5, 0.6) is 0 Å². The highest BCUT2D eigenvalue weighted by Crippen LogP contribution is 2.27. The smallest absolute Gasteiger partial charge is 0.336 e. The minimum absolute atomic E-state index is 0.129. The van der Waals surface area contributed by atoms with Gasteiger partial charge in [0.2, 0.25) is 0 Å². The number of halogens is 1. The van der Waals surface area contributed by atoms with Crippen molar-refractivity contribution < 1.29 is 23.9 Å². The first-order valence-electron chi connectivity index (χ1n) is 10.1. The van der Waals surface area contributed by atoms with Crippen molar-refractivity contribution in [3.8, 4) is 0 Å². The monoisotopic (exact) mass is 435 g/mol. The lowest BCUT2D eigenvalue weighted by atomic mass is 9.98. The third-order valence-electron chi connectivity index (χ3n) is 5.53. The number of carbonyl (C=O) groups is 3. The van der Waals surface area contributed by atoms with Crippen LogP contribution in [-0.4, -0.2) is 64.9 Å². The van der Waals surface area contributed by atoms with E-state index in [1.165, 1.54) is 21.9 Å². The summed E-state index contributed by atoms with van der Waals surface area (Å²) in [4.78, 5) is 42.8. The minimum atomic E-state index is -1.35. The first-order valence-corrected chi connectivity index (χ1v) is 10.1. The van der Waals surface area contributed by atoms with Gasteiger partial charge in [-0.2, -0.15) is 0 Å². The summed E-state index contributed by atoms with van der Waals surface area (Å²) in [5.74, 6) is -2.97. The number of nitrogens with one attached hydrogen (secondary N) is 1. The number of aromatic amines is 1. The van der Waals surface area contributed by atoms with E-state index >= 15 is 0 Å². The molecule has 0 saturated heterocycles. The maximum atomic E-state index is 14.4. The number of nitrogens with zero attached hydrogens (tertiary/aromatic N) is 2. The summed E-state index contributed by atoms with van der Waals surface area (Å²) >= 11 is 0. The molecule has 0 aliphatic carbocycles. The van der Waals surface area contributed by atoms with Crippen LogP contribution in [0, 0.1) is 5.82 Å². The summed E-state index contributed by atoms with van der Waals surface area (Å²) in [6.07, 6.45) is 2.57. The number of hydrogen-bond acceptors (Lipinski definition) is 3. The molecule has 1 aliphatic heterocycles. The van der Waals surface area contributed by atoms with Crippen LogP contribution in [0.15, 0.2) is 48.5 Å². The van der Waals surface area contributed by atoms with Gasteiger partial charge >= 0.3 is 5.97 Å². The highest BCUT2D eigenvalue weighted by atomic mass is 19.1. The molecular weight excluding hydrogens is 413 g/mol. The first kappa shape index (κ1) is 21.3. The molecule has 7 nitrogen and oxygen atoms in total. The van der Waals surface area contributed by atoms with Gasteiger partial charge in [0.25, 0.3) is 11.8 Å². The molecule has 164 valence electrons. The van der Waals surface area contributed by atoms with E-state index < -0.39 is 23.3 Å². The van der Waals surface area contributed by atoms with Gasteiger partial charge in [0.1, 0.15) is 11.5 Å². The number of carboxylic acids is 1. The molecule has 2 N–H and O–H groups in total. The molecule has 4 rings (SSSR count). The lowest BCUT2D eigenvalue weighted by Crippen LogP contribution is -2.36. The molecule has 1 aromatic heterocycles. The second-order valence-electron chi connectivity index (χ2n) is 7.90. The fourth-order valence-corrected chi connectivity index (χ4v) is 3.89. The standard InChI is InChI=1S/C24H22FN3O4/c1-27(2)22(29)20-12-15-9-8-14(11-19(15)26-20)16-5-4-10-28(13-16)23(30)21-17(24(31)32)6-3-7-18(21)25/h3,5-9,11-12,26H,4,10,13H2,1-2H3,(H,31,32). The molecule has 32 heavy (non-hydrogen) atoms. The number of aromatic nitrogens is 1. The number of amides is 2. The predicted octanol–water partition coefficient (Wildman–Crippen LogP) is 3.64. The molecule has 3 aromatic rings. The predicted molar refractivity (Wildman–Crippen MR) is 118 cm³/mol. The number of H-pyrrole nitrogens is 1. The van der Waals surface area contributed by atoms with Crippen molar-refractivity contribution in [3.05, 3.63) is 76.7 Å². The summed E-state index contributed by atoms with van der Waals surface area (Å²) in [5, 5.41) is 10.3. The highest BCUT2D eigenvalue weighted by Gasteiger charge is 2.27. The van der Waals surface area contributed by atoms with Crippen LogP contribution in [0.4, 0.5) is 4.39 Å². The highest BCUT2D eigenvalue weighted by molar-refractivity contribution is 6.05. The number of carbonyl (C=O) groups excluding carboxylic acids is 2. The van der Waals surface area contributed by atoms with Crippen molar-refractivity contribution in [1.29, 1.82) is 0 Å². The van der Waals surface area contributed by atoms with Crippen molar-refractivity contribution >= 4 is 34.3 Å². The zero-order valence-corrected chi connectivity index (χ0v) is 17.7. The summed E-state index contributed by atoms with van der Waals surface area (Å²) in [5.41, 5.74) is 2.24. The van der Waals surface area contributed by atoms with E-state index in [9.17, 15) is 23.9 Å². The second kappa shape index (κ2) is 8.30. The molecule has 8 heteroatoms. The van der Waals surface area contributed by atoms with Crippen LogP contribution in [0.25, 0.3) is 16.5 Å². The van der Waals surface area contributed by atoms with E-state index in [-0.39, 0.29) is 18.0 Å². The van der Waals surface area contributed by atoms with Crippen LogP contribution >= 0.6 is 0 Å². The van der Waals surface area contributed by atoms with Crippen molar-refractivity contribution in [2.24, 2.45) is 0 Å². The van der Waals surface area contributed by atoms with Crippen molar-refractivity contribution in [3.63, 3.8) is 0 Å². The SMILES string of the molecule is CN(C)C(=O)c1cc2ccc(C3=CCCN(C(=O)c4c(F)cccc4C(=O)O)C3)cc2[nH]1. The van der Waals surface area contributed by atoms with Gasteiger partial charge in [-0.25, -0.2) is 9.18 Å². The van der Waals surface area contributed by atoms with Gasteiger partial charge in [-0.15, -0.1) is 0 Å². The van der Waals surface area contributed by atoms with Crippen molar-refractivity contribution in [2.75, 3.05) is 27.2 Å². The van der Waals surface area contributed by atoms with Gasteiger partial charge in [0, 0.05) is 38.1 Å². The van der Waals surface area contributed by atoms with Crippen molar-refractivity contribution in [1.82, 2.24) is 14.8 Å². The molecule has 0 radical (unpaired) electrons. The Balaban J connectivity index is 1.62. The van der Waals surface area contributed by atoms with E-state index in [1.807, 2.05) is 24.3 Å². The fraction of sp³-hybridized carbons (Fsp3) is 0.208. The summed E-state index contributed by atoms with van der Waals surface area (Å²) < 4.78 is 14.4. The minimum Gasteiger partial charge on any atom is -0.478 e.